The number of halogens is 2. The quantitative estimate of drug-likeness (QED) is 0.794. The van der Waals surface area contributed by atoms with E-state index in [9.17, 15) is 0 Å². The van der Waals surface area contributed by atoms with Crippen molar-refractivity contribution in [3.05, 3.63) is 46.4 Å². The van der Waals surface area contributed by atoms with Crippen molar-refractivity contribution in [1.29, 1.82) is 0 Å². The fraction of sp³-hybridized carbons (Fsp3) is 0.200. The zero-order valence-electron chi connectivity index (χ0n) is 11.2. The van der Waals surface area contributed by atoms with Gasteiger partial charge in [-0.25, -0.2) is 0 Å². The smallest absolute Gasteiger partial charge is 0.154 e. The Kier molecular flexibility index (Phi) is 4.63. The van der Waals surface area contributed by atoms with Crippen LogP contribution in [-0.2, 0) is 0 Å². The highest BCUT2D eigenvalue weighted by atomic mass is 35.5. The van der Waals surface area contributed by atoms with Crippen molar-refractivity contribution in [3.8, 4) is 17.2 Å². The summed E-state index contributed by atoms with van der Waals surface area (Å²) in [5.74, 6) is 1.57. The second-order valence-electron chi connectivity index (χ2n) is 4.51. The first-order chi connectivity index (χ1) is 9.47. The molecule has 0 radical (unpaired) electrons. The van der Waals surface area contributed by atoms with Gasteiger partial charge in [-0.1, -0.05) is 29.3 Å². The number of hydrogen-bond donors (Lipinski definition) is 1. The number of benzene rings is 2. The van der Waals surface area contributed by atoms with Crippen LogP contribution in [0.3, 0.4) is 0 Å². The van der Waals surface area contributed by atoms with Crippen molar-refractivity contribution >= 4 is 28.9 Å². The van der Waals surface area contributed by atoms with Crippen LogP contribution in [0.2, 0.25) is 10.0 Å². The molecule has 106 valence electrons. The van der Waals surface area contributed by atoms with Gasteiger partial charge in [-0.15, -0.1) is 0 Å². The Morgan fingerprint density at radius 3 is 2.35 bits per heavy atom. The molecule has 0 amide bonds. The van der Waals surface area contributed by atoms with E-state index in [0.717, 1.165) is 0 Å². The summed E-state index contributed by atoms with van der Waals surface area (Å²) < 4.78 is 11.3. The Balaban J connectivity index is 2.29. The highest BCUT2D eigenvalue weighted by Gasteiger charge is 2.11. The molecule has 2 aromatic rings. The number of anilines is 1. The van der Waals surface area contributed by atoms with Crippen molar-refractivity contribution in [2.75, 3.05) is 5.73 Å². The molecule has 2 N–H and O–H groups in total. The first kappa shape index (κ1) is 14.8. The van der Waals surface area contributed by atoms with Crippen molar-refractivity contribution in [2.24, 2.45) is 0 Å². The van der Waals surface area contributed by atoms with Gasteiger partial charge in [0.05, 0.1) is 11.1 Å². The molecule has 2 rings (SSSR count). The lowest BCUT2D eigenvalue weighted by Crippen LogP contribution is -2.07. The Hall–Kier alpha value is -1.58. The molecule has 0 unspecified atom stereocenters. The molecular formula is C15H15Cl2NO2. The van der Waals surface area contributed by atoms with Gasteiger partial charge in [-0.3, -0.25) is 0 Å². The van der Waals surface area contributed by atoms with E-state index < -0.39 is 0 Å². The molecule has 0 bridgehead atoms. The molecule has 0 atom stereocenters. The number of rotatable bonds is 4. The number of nitrogen functional groups attached to an aromatic ring is 1. The maximum Gasteiger partial charge on any atom is 0.154 e. The molecule has 3 nitrogen and oxygen atoms in total. The van der Waals surface area contributed by atoms with Crippen molar-refractivity contribution in [1.82, 2.24) is 0 Å². The number of ether oxygens (including phenoxy) is 2. The predicted molar refractivity (Wildman–Crippen MR) is 83.2 cm³/mol. The van der Waals surface area contributed by atoms with Crippen LogP contribution in [-0.4, -0.2) is 6.10 Å². The molecular weight excluding hydrogens is 297 g/mol. The molecule has 0 saturated heterocycles. The van der Waals surface area contributed by atoms with Gasteiger partial charge < -0.3 is 15.2 Å². The normalized spacial score (nSPS) is 10.7. The van der Waals surface area contributed by atoms with Crippen LogP contribution in [0.15, 0.2) is 36.4 Å². The third-order valence-electron chi connectivity index (χ3n) is 2.50. The number of para-hydroxylation sites is 1. The van der Waals surface area contributed by atoms with Gasteiger partial charge >= 0.3 is 0 Å². The summed E-state index contributed by atoms with van der Waals surface area (Å²) >= 11 is 11.9. The highest BCUT2D eigenvalue weighted by molar-refractivity contribution is 6.35. The molecule has 20 heavy (non-hydrogen) atoms. The Bertz CT molecular complexity index is 615. The second-order valence-corrected chi connectivity index (χ2v) is 5.36. The van der Waals surface area contributed by atoms with E-state index in [2.05, 4.69) is 0 Å². The molecule has 0 aliphatic rings. The van der Waals surface area contributed by atoms with E-state index in [0.29, 0.717) is 33.0 Å². The van der Waals surface area contributed by atoms with Gasteiger partial charge in [0.25, 0.3) is 0 Å². The molecule has 0 aliphatic carbocycles. The molecule has 0 spiro atoms. The van der Waals surface area contributed by atoms with E-state index >= 15 is 0 Å². The van der Waals surface area contributed by atoms with E-state index in [-0.39, 0.29) is 6.10 Å². The van der Waals surface area contributed by atoms with Crippen LogP contribution in [0.25, 0.3) is 0 Å². The molecule has 5 heteroatoms. The fourth-order valence-corrected chi connectivity index (χ4v) is 2.09. The molecule has 0 fully saturated rings. The lowest BCUT2D eigenvalue weighted by atomic mass is 10.2. The number of hydrogen-bond acceptors (Lipinski definition) is 3. The van der Waals surface area contributed by atoms with Crippen LogP contribution in [0.1, 0.15) is 13.8 Å². The van der Waals surface area contributed by atoms with Gasteiger partial charge in [-0.05, 0) is 44.2 Å². The summed E-state index contributed by atoms with van der Waals surface area (Å²) in [5, 5.41) is 0.972. The fourth-order valence-electron chi connectivity index (χ4n) is 1.65. The Labute approximate surface area is 128 Å². The van der Waals surface area contributed by atoms with Crippen molar-refractivity contribution < 1.29 is 9.47 Å². The minimum Gasteiger partial charge on any atom is -0.489 e. The third-order valence-corrected chi connectivity index (χ3v) is 3.03. The van der Waals surface area contributed by atoms with Crippen molar-refractivity contribution in [3.63, 3.8) is 0 Å². The van der Waals surface area contributed by atoms with E-state index in [1.165, 1.54) is 0 Å². The molecule has 0 heterocycles. The monoisotopic (exact) mass is 311 g/mol. The third kappa shape index (κ3) is 3.50. The SMILES string of the molecule is CC(C)Oc1cccc(Oc2ccc(Cl)cc2Cl)c1N. The first-order valence-corrected chi connectivity index (χ1v) is 6.91. The van der Waals surface area contributed by atoms with Gasteiger partial charge in [0.2, 0.25) is 0 Å². The summed E-state index contributed by atoms with van der Waals surface area (Å²) in [4.78, 5) is 0. The largest absolute Gasteiger partial charge is 0.489 e. The average Bonchev–Trinajstić information content (AvgIpc) is 2.36. The summed E-state index contributed by atoms with van der Waals surface area (Å²) in [6.07, 6.45) is 0.0340. The lowest BCUT2D eigenvalue weighted by molar-refractivity contribution is 0.243. The van der Waals surface area contributed by atoms with Crippen LogP contribution in [0.4, 0.5) is 5.69 Å². The van der Waals surface area contributed by atoms with Gasteiger partial charge in [0.1, 0.15) is 17.2 Å². The average molecular weight is 312 g/mol. The van der Waals surface area contributed by atoms with Crippen LogP contribution >= 0.6 is 23.2 Å². The van der Waals surface area contributed by atoms with Gasteiger partial charge in [0, 0.05) is 5.02 Å². The standard InChI is InChI=1S/C15H15Cl2NO2/c1-9(2)19-13-4-3-5-14(15(13)18)20-12-7-6-10(16)8-11(12)17/h3-9H,18H2,1-2H3. The van der Waals surface area contributed by atoms with Crippen molar-refractivity contribution in [2.45, 2.75) is 20.0 Å². The molecule has 0 saturated carbocycles. The van der Waals surface area contributed by atoms with Crippen LogP contribution in [0.5, 0.6) is 17.2 Å². The summed E-state index contributed by atoms with van der Waals surface area (Å²) in [6.45, 7) is 3.87. The highest BCUT2D eigenvalue weighted by Crippen LogP contribution is 2.38. The van der Waals surface area contributed by atoms with E-state index in [1.807, 2.05) is 19.9 Å². The van der Waals surface area contributed by atoms with E-state index in [4.69, 9.17) is 38.4 Å². The summed E-state index contributed by atoms with van der Waals surface area (Å²) in [6, 6.07) is 10.4. The van der Waals surface area contributed by atoms with Gasteiger partial charge in [0.15, 0.2) is 5.75 Å². The summed E-state index contributed by atoms with van der Waals surface area (Å²) in [5.41, 5.74) is 6.48. The summed E-state index contributed by atoms with van der Waals surface area (Å²) in [7, 11) is 0. The lowest BCUT2D eigenvalue weighted by Gasteiger charge is -2.15. The van der Waals surface area contributed by atoms with E-state index in [1.54, 1.807) is 30.3 Å². The second kappa shape index (κ2) is 6.25. The maximum atomic E-state index is 6.07. The molecule has 0 aliphatic heterocycles. The Morgan fingerprint density at radius 1 is 1.00 bits per heavy atom. The molecule has 0 aromatic heterocycles. The maximum absolute atomic E-state index is 6.07. The Morgan fingerprint density at radius 2 is 1.70 bits per heavy atom. The van der Waals surface area contributed by atoms with Crippen LogP contribution in [0, 0.1) is 0 Å². The minimum atomic E-state index is 0.0340. The minimum absolute atomic E-state index is 0.0340. The number of nitrogens with two attached hydrogens (primary N) is 1. The zero-order valence-corrected chi connectivity index (χ0v) is 12.7. The zero-order chi connectivity index (χ0) is 14.7. The molecule has 2 aromatic carbocycles. The predicted octanol–water partition coefficient (Wildman–Crippen LogP) is 5.16. The van der Waals surface area contributed by atoms with Crippen LogP contribution < -0.4 is 15.2 Å². The first-order valence-electron chi connectivity index (χ1n) is 6.15. The van der Waals surface area contributed by atoms with Gasteiger partial charge in [-0.2, -0.15) is 0 Å². The topological polar surface area (TPSA) is 44.5 Å².